The molecule has 2 atom stereocenters. The zero-order chi connectivity index (χ0) is 23.6. The predicted molar refractivity (Wildman–Crippen MR) is 148 cm³/mol. The molecule has 0 N–H and O–H groups in total. The molecule has 2 unspecified atom stereocenters. The zero-order valence-corrected chi connectivity index (χ0v) is 21.7. The van der Waals surface area contributed by atoms with E-state index in [9.17, 15) is 0 Å². The molecule has 0 aliphatic heterocycles. The van der Waals surface area contributed by atoms with Crippen molar-refractivity contribution in [3.63, 3.8) is 0 Å². The first-order valence-electron chi connectivity index (χ1n) is 14.3. The van der Waals surface area contributed by atoms with Crippen molar-refractivity contribution in [2.24, 2.45) is 17.8 Å². The van der Waals surface area contributed by atoms with E-state index < -0.39 is 0 Å². The van der Waals surface area contributed by atoms with Gasteiger partial charge in [0.15, 0.2) is 0 Å². The van der Waals surface area contributed by atoms with Crippen LogP contribution in [0.25, 0.3) is 0 Å². The van der Waals surface area contributed by atoms with Gasteiger partial charge in [0.2, 0.25) is 0 Å². The summed E-state index contributed by atoms with van der Waals surface area (Å²) in [4.78, 5) is 0. The van der Waals surface area contributed by atoms with Crippen LogP contribution in [-0.4, -0.2) is 0 Å². The lowest BCUT2D eigenvalue weighted by Crippen LogP contribution is -2.35. The van der Waals surface area contributed by atoms with Crippen LogP contribution in [0.15, 0.2) is 66.3 Å². The van der Waals surface area contributed by atoms with E-state index in [4.69, 9.17) is 0 Å². The molecule has 0 bridgehead atoms. The minimum Gasteiger partial charge on any atom is -0.103 e. The normalized spacial score (nSPS) is 22.2. The molecular formula is C34H46. The van der Waals surface area contributed by atoms with E-state index in [1.54, 1.807) is 5.57 Å². The maximum Gasteiger partial charge on any atom is 0.0160 e. The lowest BCUT2D eigenvalue weighted by molar-refractivity contribution is 0.247. The van der Waals surface area contributed by atoms with Crippen LogP contribution in [0.2, 0.25) is 0 Å². The van der Waals surface area contributed by atoms with E-state index in [0.29, 0.717) is 11.8 Å². The van der Waals surface area contributed by atoms with Crippen LogP contribution in [0, 0.1) is 29.6 Å². The van der Waals surface area contributed by atoms with Crippen LogP contribution < -0.4 is 0 Å². The van der Waals surface area contributed by atoms with Gasteiger partial charge in [0, 0.05) is 18.3 Å². The molecule has 0 aromatic heterocycles. The van der Waals surface area contributed by atoms with Gasteiger partial charge in [0.1, 0.15) is 0 Å². The van der Waals surface area contributed by atoms with Gasteiger partial charge in [-0.2, -0.15) is 0 Å². The number of rotatable bonds is 8. The molecule has 4 rings (SSSR count). The molecule has 1 aromatic carbocycles. The Labute approximate surface area is 210 Å². The lowest BCUT2D eigenvalue weighted by atomic mass is 9.62. The SMILES string of the molecule is C=C(CCC#CCC(C1=CCCC=C1)C1CCCCC1)C(C)(c1ccccc1)C1CCCCC1. The summed E-state index contributed by atoms with van der Waals surface area (Å²) in [5.74, 6) is 9.42. The fraction of sp³-hybridized carbons (Fsp3) is 0.588. The third kappa shape index (κ3) is 6.16. The van der Waals surface area contributed by atoms with Crippen molar-refractivity contribution in [1.29, 1.82) is 0 Å². The van der Waals surface area contributed by atoms with Gasteiger partial charge in [-0.3, -0.25) is 0 Å². The number of hydrogen-bond acceptors (Lipinski definition) is 0. The van der Waals surface area contributed by atoms with Crippen molar-refractivity contribution in [2.45, 2.75) is 109 Å². The van der Waals surface area contributed by atoms with E-state index in [1.807, 2.05) is 0 Å². The Hall–Kier alpha value is -2.00. The molecule has 0 amide bonds. The third-order valence-electron chi connectivity index (χ3n) is 9.20. The summed E-state index contributed by atoms with van der Waals surface area (Å²) in [6.45, 7) is 7.14. The van der Waals surface area contributed by atoms with Crippen LogP contribution in [0.5, 0.6) is 0 Å². The van der Waals surface area contributed by atoms with Crippen molar-refractivity contribution in [2.75, 3.05) is 0 Å². The second kappa shape index (κ2) is 12.6. The summed E-state index contributed by atoms with van der Waals surface area (Å²) in [5.41, 5.74) is 4.49. The second-order valence-electron chi connectivity index (χ2n) is 11.3. The van der Waals surface area contributed by atoms with Gasteiger partial charge >= 0.3 is 0 Å². The maximum absolute atomic E-state index is 4.67. The fourth-order valence-corrected chi connectivity index (χ4v) is 6.94. The first-order chi connectivity index (χ1) is 16.7. The molecule has 2 fully saturated rings. The van der Waals surface area contributed by atoms with Crippen LogP contribution in [-0.2, 0) is 5.41 Å². The Morgan fingerprint density at radius 2 is 1.65 bits per heavy atom. The molecule has 3 aliphatic rings. The highest BCUT2D eigenvalue weighted by molar-refractivity contribution is 5.36. The van der Waals surface area contributed by atoms with Gasteiger partial charge < -0.3 is 0 Å². The van der Waals surface area contributed by atoms with E-state index in [0.717, 1.165) is 25.2 Å². The van der Waals surface area contributed by atoms with Crippen LogP contribution in [0.1, 0.15) is 109 Å². The monoisotopic (exact) mass is 454 g/mol. The minimum absolute atomic E-state index is 0.0751. The topological polar surface area (TPSA) is 0 Å². The van der Waals surface area contributed by atoms with Crippen molar-refractivity contribution in [3.8, 4) is 11.8 Å². The van der Waals surface area contributed by atoms with E-state index in [-0.39, 0.29) is 5.41 Å². The molecule has 0 radical (unpaired) electrons. The first kappa shape index (κ1) is 25.1. The van der Waals surface area contributed by atoms with Gasteiger partial charge in [-0.05, 0) is 73.8 Å². The summed E-state index contributed by atoms with van der Waals surface area (Å²) in [7, 11) is 0. The van der Waals surface area contributed by atoms with Crippen molar-refractivity contribution in [1.82, 2.24) is 0 Å². The molecule has 1 aromatic rings. The molecule has 0 heterocycles. The van der Waals surface area contributed by atoms with E-state index in [1.165, 1.54) is 88.2 Å². The van der Waals surface area contributed by atoms with Crippen molar-refractivity contribution >= 4 is 0 Å². The molecule has 0 heteroatoms. The highest BCUT2D eigenvalue weighted by atomic mass is 14.4. The van der Waals surface area contributed by atoms with Gasteiger partial charge in [0.25, 0.3) is 0 Å². The van der Waals surface area contributed by atoms with E-state index >= 15 is 0 Å². The van der Waals surface area contributed by atoms with E-state index in [2.05, 4.69) is 73.9 Å². The smallest absolute Gasteiger partial charge is 0.0160 e. The highest BCUT2D eigenvalue weighted by Gasteiger charge is 2.38. The zero-order valence-electron chi connectivity index (χ0n) is 21.7. The van der Waals surface area contributed by atoms with Crippen LogP contribution >= 0.6 is 0 Å². The molecule has 0 saturated heterocycles. The Kier molecular flexibility index (Phi) is 9.33. The molecule has 3 aliphatic carbocycles. The summed E-state index contributed by atoms with van der Waals surface area (Å²) < 4.78 is 0. The summed E-state index contributed by atoms with van der Waals surface area (Å²) >= 11 is 0. The standard InChI is InChI=1S/C34H46/c1-28(34(2,31-23-13-6-14-24-31)32-25-15-7-16-26-32)18-8-3-17-27-33(29-19-9-4-10-20-29)30-21-11-5-12-22-30/h6,9,13-14,19-20,23-24,30,32-33H,1,4-5,7-8,10-12,15-16,18,21-22,25-27H2,2H3. The number of hydrogen-bond donors (Lipinski definition) is 0. The van der Waals surface area contributed by atoms with Crippen molar-refractivity contribution in [3.05, 3.63) is 71.8 Å². The average molecular weight is 455 g/mol. The number of benzene rings is 1. The van der Waals surface area contributed by atoms with Gasteiger partial charge in [-0.15, -0.1) is 11.8 Å². The molecule has 0 nitrogen and oxygen atoms in total. The van der Waals surface area contributed by atoms with Crippen LogP contribution in [0.3, 0.4) is 0 Å². The largest absolute Gasteiger partial charge is 0.103 e. The van der Waals surface area contributed by atoms with Crippen LogP contribution in [0.4, 0.5) is 0 Å². The second-order valence-corrected chi connectivity index (χ2v) is 11.3. The minimum atomic E-state index is 0.0751. The Morgan fingerprint density at radius 3 is 2.32 bits per heavy atom. The molecule has 34 heavy (non-hydrogen) atoms. The summed E-state index contributed by atoms with van der Waals surface area (Å²) in [6, 6.07) is 11.2. The first-order valence-corrected chi connectivity index (χ1v) is 14.3. The fourth-order valence-electron chi connectivity index (χ4n) is 6.94. The van der Waals surface area contributed by atoms with Gasteiger partial charge in [-0.25, -0.2) is 0 Å². The molecule has 0 spiro atoms. The summed E-state index contributed by atoms with van der Waals surface area (Å²) in [5, 5.41) is 0. The molecule has 2 saturated carbocycles. The van der Waals surface area contributed by atoms with Crippen molar-refractivity contribution < 1.29 is 0 Å². The molecular weight excluding hydrogens is 408 g/mol. The quantitative estimate of drug-likeness (QED) is 0.271. The Bertz CT molecular complexity index is 892. The third-order valence-corrected chi connectivity index (χ3v) is 9.20. The Morgan fingerprint density at radius 1 is 0.941 bits per heavy atom. The highest BCUT2D eigenvalue weighted by Crippen LogP contribution is 2.46. The molecule has 182 valence electrons. The average Bonchev–Trinajstić information content (AvgIpc) is 2.92. The predicted octanol–water partition coefficient (Wildman–Crippen LogP) is 9.73. The van der Waals surface area contributed by atoms with Gasteiger partial charge in [0.05, 0.1) is 0 Å². The maximum atomic E-state index is 4.67. The van der Waals surface area contributed by atoms with Gasteiger partial charge in [-0.1, -0.05) is 106 Å². The number of allylic oxidation sites excluding steroid dienone is 5. The Balaban J connectivity index is 1.40. The summed E-state index contributed by atoms with van der Waals surface area (Å²) in [6.07, 6.45) is 26.5. The lowest BCUT2D eigenvalue weighted by Gasteiger charge is -2.42.